The molecule has 3 aromatic carbocycles. The van der Waals surface area contributed by atoms with Crippen LogP contribution < -0.4 is 10.1 Å². The molecule has 182 valence electrons. The minimum atomic E-state index is -0.0814. The summed E-state index contributed by atoms with van der Waals surface area (Å²) in [6.07, 6.45) is 0. The van der Waals surface area contributed by atoms with E-state index in [2.05, 4.69) is 51.5 Å². The number of halogens is 2. The standard InChI is InChI=1S/C28H30Cl2N4O/c1-2-35-25-5-3-4-22(18-25)28-32-26(20-6-10-23(29)11-7-20)27(21-8-12-24(30)13-9-21)34(28)19-33-16-14-31-15-17-33/h3-13,18,26-27,31H,2,14-17,19H2,1H3. The van der Waals surface area contributed by atoms with Gasteiger partial charge in [0, 0.05) is 41.8 Å². The van der Waals surface area contributed by atoms with Gasteiger partial charge in [-0.25, -0.2) is 0 Å². The van der Waals surface area contributed by atoms with Crippen LogP contribution in [0.4, 0.5) is 0 Å². The second kappa shape index (κ2) is 11.0. The molecule has 0 spiro atoms. The second-order valence-electron chi connectivity index (χ2n) is 8.89. The predicted octanol–water partition coefficient (Wildman–Crippen LogP) is 5.80. The van der Waals surface area contributed by atoms with Crippen molar-refractivity contribution < 1.29 is 4.74 Å². The molecule has 1 fully saturated rings. The van der Waals surface area contributed by atoms with Crippen LogP contribution in [0.1, 0.15) is 35.7 Å². The van der Waals surface area contributed by atoms with Crippen LogP contribution in [0.15, 0.2) is 77.8 Å². The molecule has 2 aliphatic rings. The van der Waals surface area contributed by atoms with Gasteiger partial charge in [-0.1, -0.05) is 59.6 Å². The monoisotopic (exact) mass is 508 g/mol. The Balaban J connectivity index is 1.61. The number of nitrogens with zero attached hydrogens (tertiary/aromatic N) is 3. The summed E-state index contributed by atoms with van der Waals surface area (Å²) >= 11 is 12.5. The number of rotatable bonds is 7. The highest BCUT2D eigenvalue weighted by Gasteiger charge is 2.39. The van der Waals surface area contributed by atoms with Crippen LogP contribution >= 0.6 is 23.2 Å². The molecule has 2 atom stereocenters. The Kier molecular flexibility index (Phi) is 7.59. The number of nitrogens with one attached hydrogen (secondary N) is 1. The zero-order chi connectivity index (χ0) is 24.2. The maximum absolute atomic E-state index is 6.27. The van der Waals surface area contributed by atoms with Crippen LogP contribution in [0.3, 0.4) is 0 Å². The van der Waals surface area contributed by atoms with E-state index in [4.69, 9.17) is 32.9 Å². The Morgan fingerprint density at radius 2 is 1.57 bits per heavy atom. The summed E-state index contributed by atoms with van der Waals surface area (Å²) in [5.74, 6) is 1.83. The molecule has 2 aliphatic heterocycles. The number of aliphatic imine (C=N–C) groups is 1. The molecule has 35 heavy (non-hydrogen) atoms. The summed E-state index contributed by atoms with van der Waals surface area (Å²) in [6, 6.07) is 24.4. The fourth-order valence-electron chi connectivity index (χ4n) is 4.87. The first-order chi connectivity index (χ1) is 17.1. The predicted molar refractivity (Wildman–Crippen MR) is 144 cm³/mol. The van der Waals surface area contributed by atoms with Gasteiger partial charge in [-0.2, -0.15) is 0 Å². The Morgan fingerprint density at radius 3 is 2.23 bits per heavy atom. The van der Waals surface area contributed by atoms with Gasteiger partial charge in [-0.3, -0.25) is 9.89 Å². The van der Waals surface area contributed by atoms with Crippen molar-refractivity contribution in [3.05, 3.63) is 99.5 Å². The fraction of sp³-hybridized carbons (Fsp3) is 0.321. The summed E-state index contributed by atoms with van der Waals surface area (Å²) < 4.78 is 5.82. The summed E-state index contributed by atoms with van der Waals surface area (Å²) in [7, 11) is 0. The van der Waals surface area contributed by atoms with E-state index < -0.39 is 0 Å². The Bertz CT molecular complexity index is 1160. The number of ether oxygens (including phenoxy) is 1. The fourth-order valence-corrected chi connectivity index (χ4v) is 5.12. The molecule has 0 amide bonds. The van der Waals surface area contributed by atoms with E-state index in [1.54, 1.807) is 0 Å². The average Bonchev–Trinajstić information content (AvgIpc) is 3.25. The lowest BCUT2D eigenvalue weighted by molar-refractivity contribution is 0.142. The zero-order valence-corrected chi connectivity index (χ0v) is 21.3. The molecule has 0 saturated carbocycles. The first-order valence-electron chi connectivity index (χ1n) is 12.1. The molecule has 0 aromatic heterocycles. The highest BCUT2D eigenvalue weighted by molar-refractivity contribution is 6.30. The van der Waals surface area contributed by atoms with Crippen molar-refractivity contribution in [3.63, 3.8) is 0 Å². The van der Waals surface area contributed by atoms with E-state index >= 15 is 0 Å². The summed E-state index contributed by atoms with van der Waals surface area (Å²) in [5, 5.41) is 4.91. The lowest BCUT2D eigenvalue weighted by Crippen LogP contribution is -2.49. The van der Waals surface area contributed by atoms with E-state index in [0.717, 1.165) is 65.6 Å². The van der Waals surface area contributed by atoms with Crippen LogP contribution in [0.2, 0.25) is 10.0 Å². The molecule has 0 bridgehead atoms. The van der Waals surface area contributed by atoms with Gasteiger partial charge in [-0.05, 0) is 54.4 Å². The lowest BCUT2D eigenvalue weighted by atomic mass is 9.94. The highest BCUT2D eigenvalue weighted by Crippen LogP contribution is 2.44. The van der Waals surface area contributed by atoms with Crippen molar-refractivity contribution in [1.29, 1.82) is 0 Å². The Hall–Kier alpha value is -2.57. The normalized spacial score (nSPS) is 20.7. The topological polar surface area (TPSA) is 40.1 Å². The Morgan fingerprint density at radius 1 is 0.914 bits per heavy atom. The van der Waals surface area contributed by atoms with Crippen molar-refractivity contribution in [2.24, 2.45) is 4.99 Å². The van der Waals surface area contributed by atoms with Gasteiger partial charge in [0.2, 0.25) is 0 Å². The van der Waals surface area contributed by atoms with Gasteiger partial charge in [0.05, 0.1) is 19.3 Å². The first kappa shape index (κ1) is 24.1. The van der Waals surface area contributed by atoms with E-state index in [1.165, 1.54) is 5.56 Å². The first-order valence-corrected chi connectivity index (χ1v) is 12.9. The molecule has 0 aliphatic carbocycles. The molecule has 5 nitrogen and oxygen atoms in total. The minimum Gasteiger partial charge on any atom is -0.494 e. The van der Waals surface area contributed by atoms with Crippen molar-refractivity contribution in [2.75, 3.05) is 39.5 Å². The molecular weight excluding hydrogens is 479 g/mol. The SMILES string of the molecule is CCOc1cccc(C2=NC(c3ccc(Cl)cc3)C(c3ccc(Cl)cc3)N2CN2CCNCC2)c1. The molecular formula is C28H30Cl2N4O. The third kappa shape index (κ3) is 5.49. The number of amidine groups is 1. The van der Waals surface area contributed by atoms with Crippen molar-refractivity contribution >= 4 is 29.0 Å². The van der Waals surface area contributed by atoms with Gasteiger partial charge < -0.3 is 15.0 Å². The molecule has 7 heteroatoms. The van der Waals surface area contributed by atoms with Crippen molar-refractivity contribution in [3.8, 4) is 5.75 Å². The van der Waals surface area contributed by atoms with E-state index in [-0.39, 0.29) is 12.1 Å². The highest BCUT2D eigenvalue weighted by atomic mass is 35.5. The van der Waals surface area contributed by atoms with Crippen LogP contribution in [0.5, 0.6) is 5.75 Å². The number of benzene rings is 3. The number of hydrogen-bond acceptors (Lipinski definition) is 5. The molecule has 2 unspecified atom stereocenters. The summed E-state index contributed by atoms with van der Waals surface area (Å²) in [5.41, 5.74) is 3.38. The van der Waals surface area contributed by atoms with Gasteiger partial charge in [-0.15, -0.1) is 0 Å². The maximum atomic E-state index is 6.27. The van der Waals surface area contributed by atoms with E-state index in [9.17, 15) is 0 Å². The molecule has 3 aromatic rings. The van der Waals surface area contributed by atoms with Gasteiger partial charge in [0.25, 0.3) is 0 Å². The minimum absolute atomic E-state index is 0.0223. The van der Waals surface area contributed by atoms with Crippen LogP contribution in [-0.4, -0.2) is 55.1 Å². The zero-order valence-electron chi connectivity index (χ0n) is 19.8. The van der Waals surface area contributed by atoms with Crippen molar-refractivity contribution in [1.82, 2.24) is 15.1 Å². The summed E-state index contributed by atoms with van der Waals surface area (Å²) in [4.78, 5) is 10.3. The van der Waals surface area contributed by atoms with Gasteiger partial charge in [0.1, 0.15) is 17.6 Å². The largest absolute Gasteiger partial charge is 0.494 e. The second-order valence-corrected chi connectivity index (χ2v) is 9.76. The number of hydrogen-bond donors (Lipinski definition) is 1. The van der Waals surface area contributed by atoms with E-state index in [0.29, 0.717) is 6.61 Å². The lowest BCUT2D eigenvalue weighted by Gasteiger charge is -2.37. The third-order valence-electron chi connectivity index (χ3n) is 6.56. The molecule has 2 heterocycles. The Labute approximate surface area is 217 Å². The van der Waals surface area contributed by atoms with Crippen LogP contribution in [-0.2, 0) is 0 Å². The molecule has 0 radical (unpaired) electrons. The van der Waals surface area contributed by atoms with Gasteiger partial charge in [0.15, 0.2) is 0 Å². The van der Waals surface area contributed by atoms with Crippen molar-refractivity contribution in [2.45, 2.75) is 19.0 Å². The van der Waals surface area contributed by atoms with Gasteiger partial charge >= 0.3 is 0 Å². The third-order valence-corrected chi connectivity index (χ3v) is 7.06. The summed E-state index contributed by atoms with van der Waals surface area (Å²) in [6.45, 7) is 7.41. The number of piperazine rings is 1. The average molecular weight is 509 g/mol. The molecule has 5 rings (SSSR count). The molecule has 1 N–H and O–H groups in total. The molecule has 1 saturated heterocycles. The van der Waals surface area contributed by atoms with E-state index in [1.807, 2.05) is 43.3 Å². The maximum Gasteiger partial charge on any atom is 0.133 e. The quantitative estimate of drug-likeness (QED) is 0.437. The van der Waals surface area contributed by atoms with Crippen LogP contribution in [0.25, 0.3) is 0 Å². The smallest absolute Gasteiger partial charge is 0.133 e. The van der Waals surface area contributed by atoms with Crippen LogP contribution in [0, 0.1) is 0 Å².